The zero-order valence-corrected chi connectivity index (χ0v) is 11.7. The minimum atomic E-state index is -0.809. The monoisotopic (exact) mass is 278 g/mol. The van der Waals surface area contributed by atoms with Crippen LogP contribution in [0.3, 0.4) is 0 Å². The first kappa shape index (κ1) is 13.4. The number of piperidine rings is 1. The quantitative estimate of drug-likeness (QED) is 0.850. The first-order valence-electron chi connectivity index (χ1n) is 6.92. The van der Waals surface area contributed by atoms with Gasteiger partial charge < -0.3 is 14.9 Å². The first-order chi connectivity index (χ1) is 9.49. The number of carboxylic acids is 1. The van der Waals surface area contributed by atoms with Crippen LogP contribution in [-0.4, -0.2) is 49.2 Å². The number of benzene rings is 1. The molecule has 3 atom stereocenters. The van der Waals surface area contributed by atoms with Gasteiger partial charge in [-0.1, -0.05) is 6.07 Å². The summed E-state index contributed by atoms with van der Waals surface area (Å²) in [7, 11) is 3.97. The predicted molar refractivity (Wildman–Crippen MR) is 74.6 cm³/mol. The molecule has 1 aromatic rings. The molecule has 0 radical (unpaired) electrons. The number of rotatable bonds is 1. The van der Waals surface area contributed by atoms with E-state index in [1.54, 1.807) is 6.07 Å². The number of hydrogen-bond donors (Lipinski definition) is 1. The van der Waals surface area contributed by atoms with Crippen molar-refractivity contribution in [2.24, 2.45) is 5.92 Å². The van der Waals surface area contributed by atoms with Crippen molar-refractivity contribution in [2.45, 2.75) is 18.4 Å². The van der Waals surface area contributed by atoms with Gasteiger partial charge in [0.25, 0.3) is 0 Å². The number of fused-ring (bicyclic) bond motifs is 2. The van der Waals surface area contributed by atoms with Crippen molar-refractivity contribution >= 4 is 11.7 Å². The van der Waals surface area contributed by atoms with Gasteiger partial charge >= 0.3 is 5.97 Å². The van der Waals surface area contributed by atoms with Gasteiger partial charge in [0.05, 0.1) is 5.92 Å². The molecule has 0 aromatic heterocycles. The van der Waals surface area contributed by atoms with Crippen molar-refractivity contribution in [3.05, 3.63) is 29.6 Å². The molecule has 3 rings (SSSR count). The molecule has 4 nitrogen and oxygen atoms in total. The fourth-order valence-corrected chi connectivity index (χ4v) is 3.76. The van der Waals surface area contributed by atoms with E-state index in [4.69, 9.17) is 0 Å². The van der Waals surface area contributed by atoms with Gasteiger partial charge in [0.15, 0.2) is 0 Å². The largest absolute Gasteiger partial charge is 0.481 e. The van der Waals surface area contributed by atoms with E-state index in [1.165, 1.54) is 12.1 Å². The van der Waals surface area contributed by atoms with E-state index >= 15 is 0 Å². The molecular weight excluding hydrogens is 259 g/mol. The lowest BCUT2D eigenvalue weighted by Crippen LogP contribution is -2.55. The lowest BCUT2D eigenvalue weighted by molar-refractivity contribution is -0.141. The predicted octanol–water partition coefficient (Wildman–Crippen LogP) is 1.76. The van der Waals surface area contributed by atoms with E-state index in [9.17, 15) is 14.3 Å². The number of anilines is 1. The normalized spacial score (nSPS) is 29.8. The molecule has 2 heterocycles. The average Bonchev–Trinajstić information content (AvgIpc) is 2.39. The van der Waals surface area contributed by atoms with Crippen molar-refractivity contribution in [3.8, 4) is 0 Å². The van der Waals surface area contributed by atoms with Crippen LogP contribution >= 0.6 is 0 Å². The molecule has 0 spiro atoms. The van der Waals surface area contributed by atoms with Gasteiger partial charge in [0.1, 0.15) is 5.82 Å². The SMILES string of the molecule is CN1CCC2C(C1)C(C(=O)O)c1ccc(F)cc1N2C. The van der Waals surface area contributed by atoms with Crippen LogP contribution in [0, 0.1) is 11.7 Å². The second-order valence-electron chi connectivity index (χ2n) is 5.91. The fourth-order valence-electron chi connectivity index (χ4n) is 3.76. The van der Waals surface area contributed by atoms with Gasteiger partial charge in [-0.15, -0.1) is 0 Å². The number of likely N-dealkylation sites (tertiary alicyclic amines) is 1. The van der Waals surface area contributed by atoms with E-state index in [0.29, 0.717) is 0 Å². The summed E-state index contributed by atoms with van der Waals surface area (Å²) in [6.07, 6.45) is 0.914. The fraction of sp³-hybridized carbons (Fsp3) is 0.533. The highest BCUT2D eigenvalue weighted by Gasteiger charge is 2.45. The number of halogens is 1. The van der Waals surface area contributed by atoms with Crippen LogP contribution in [0.15, 0.2) is 18.2 Å². The van der Waals surface area contributed by atoms with Crippen LogP contribution in [0.4, 0.5) is 10.1 Å². The van der Waals surface area contributed by atoms with Crippen LogP contribution in [0.25, 0.3) is 0 Å². The van der Waals surface area contributed by atoms with E-state index in [2.05, 4.69) is 9.80 Å². The van der Waals surface area contributed by atoms with E-state index in [-0.39, 0.29) is 17.8 Å². The number of aliphatic carboxylic acids is 1. The van der Waals surface area contributed by atoms with Gasteiger partial charge in [-0.05, 0) is 37.7 Å². The van der Waals surface area contributed by atoms with E-state index in [1.807, 2.05) is 14.1 Å². The Labute approximate surface area is 117 Å². The maximum absolute atomic E-state index is 13.5. The number of nitrogens with zero attached hydrogens (tertiary/aromatic N) is 2. The van der Waals surface area contributed by atoms with Crippen LogP contribution in [0.2, 0.25) is 0 Å². The van der Waals surface area contributed by atoms with Gasteiger partial charge in [0.2, 0.25) is 0 Å². The van der Waals surface area contributed by atoms with Gasteiger partial charge in [-0.3, -0.25) is 4.79 Å². The lowest BCUT2D eigenvalue weighted by atomic mass is 9.73. The Kier molecular flexibility index (Phi) is 3.17. The molecule has 5 heteroatoms. The molecule has 2 aliphatic rings. The molecular formula is C15H19FN2O2. The molecule has 3 unspecified atom stereocenters. The first-order valence-corrected chi connectivity index (χ1v) is 6.92. The third-order valence-corrected chi connectivity index (χ3v) is 4.72. The third kappa shape index (κ3) is 1.97. The average molecular weight is 278 g/mol. The summed E-state index contributed by atoms with van der Waals surface area (Å²) in [5.74, 6) is -1.62. The van der Waals surface area contributed by atoms with Gasteiger partial charge in [-0.2, -0.15) is 0 Å². The Bertz CT molecular complexity index is 549. The minimum absolute atomic E-state index is 0.0502. The van der Waals surface area contributed by atoms with Crippen LogP contribution in [0.1, 0.15) is 17.9 Å². The maximum atomic E-state index is 13.5. The molecule has 2 aliphatic heterocycles. The Hall–Kier alpha value is -1.62. The van der Waals surface area contributed by atoms with E-state index < -0.39 is 11.9 Å². The van der Waals surface area contributed by atoms with Gasteiger partial charge in [0, 0.05) is 31.2 Å². The molecule has 0 bridgehead atoms. The number of hydrogen-bond acceptors (Lipinski definition) is 3. The standard InChI is InChI=1S/C15H19FN2O2/c1-17-6-5-12-11(8-17)14(15(19)20)10-4-3-9(16)7-13(10)18(12)2/h3-4,7,11-12,14H,5-6,8H2,1-2H3,(H,19,20). The Morgan fingerprint density at radius 3 is 2.85 bits per heavy atom. The summed E-state index contributed by atoms with van der Waals surface area (Å²) in [4.78, 5) is 16.0. The third-order valence-electron chi connectivity index (χ3n) is 4.72. The molecule has 1 saturated heterocycles. The molecule has 1 N–H and O–H groups in total. The highest BCUT2D eigenvalue weighted by molar-refractivity contribution is 5.81. The van der Waals surface area contributed by atoms with Gasteiger partial charge in [-0.25, -0.2) is 4.39 Å². The summed E-state index contributed by atoms with van der Waals surface area (Å²) in [6, 6.07) is 4.61. The topological polar surface area (TPSA) is 43.8 Å². The Balaban J connectivity index is 2.11. The smallest absolute Gasteiger partial charge is 0.311 e. The molecule has 0 saturated carbocycles. The number of carboxylic acid groups (broad SMARTS) is 1. The summed E-state index contributed by atoms with van der Waals surface area (Å²) in [5.41, 5.74) is 1.46. The second kappa shape index (κ2) is 4.74. The van der Waals surface area contributed by atoms with Crippen LogP contribution in [0.5, 0.6) is 0 Å². The van der Waals surface area contributed by atoms with Crippen LogP contribution in [-0.2, 0) is 4.79 Å². The molecule has 1 fully saturated rings. The molecule has 0 aliphatic carbocycles. The zero-order chi connectivity index (χ0) is 14.4. The summed E-state index contributed by atoms with van der Waals surface area (Å²) >= 11 is 0. The molecule has 20 heavy (non-hydrogen) atoms. The van der Waals surface area contributed by atoms with E-state index in [0.717, 1.165) is 30.8 Å². The summed E-state index contributed by atoms with van der Waals surface area (Å²) < 4.78 is 13.5. The highest BCUT2D eigenvalue weighted by atomic mass is 19.1. The zero-order valence-electron chi connectivity index (χ0n) is 11.7. The summed E-state index contributed by atoms with van der Waals surface area (Å²) in [5, 5.41) is 9.63. The minimum Gasteiger partial charge on any atom is -0.481 e. The van der Waals surface area contributed by atoms with Crippen molar-refractivity contribution in [1.29, 1.82) is 0 Å². The number of carbonyl (C=O) groups is 1. The van der Waals surface area contributed by atoms with Crippen LogP contribution < -0.4 is 4.90 Å². The second-order valence-corrected chi connectivity index (χ2v) is 5.91. The molecule has 108 valence electrons. The van der Waals surface area contributed by atoms with Crippen molar-refractivity contribution in [3.63, 3.8) is 0 Å². The van der Waals surface area contributed by atoms with Crippen molar-refractivity contribution in [2.75, 3.05) is 32.1 Å². The summed E-state index contributed by atoms with van der Waals surface area (Å²) in [6.45, 7) is 1.71. The highest BCUT2D eigenvalue weighted by Crippen LogP contribution is 2.44. The molecule has 1 aromatic carbocycles. The molecule has 0 amide bonds. The van der Waals surface area contributed by atoms with Crippen molar-refractivity contribution in [1.82, 2.24) is 4.90 Å². The maximum Gasteiger partial charge on any atom is 0.311 e. The Morgan fingerprint density at radius 2 is 2.15 bits per heavy atom. The lowest BCUT2D eigenvalue weighted by Gasteiger charge is -2.49. The Morgan fingerprint density at radius 1 is 1.40 bits per heavy atom. The van der Waals surface area contributed by atoms with Crippen molar-refractivity contribution < 1.29 is 14.3 Å².